The van der Waals surface area contributed by atoms with Crippen LogP contribution < -0.4 is 5.32 Å². The van der Waals surface area contributed by atoms with Crippen molar-refractivity contribution in [1.29, 1.82) is 0 Å². The van der Waals surface area contributed by atoms with Crippen LogP contribution >= 0.6 is 15.9 Å². The lowest BCUT2D eigenvalue weighted by Gasteiger charge is -2.30. The third-order valence-electron chi connectivity index (χ3n) is 4.54. The van der Waals surface area contributed by atoms with E-state index in [1.807, 2.05) is 0 Å². The van der Waals surface area contributed by atoms with Crippen LogP contribution in [0.3, 0.4) is 0 Å². The van der Waals surface area contributed by atoms with Crippen LogP contribution in [0.15, 0.2) is 4.47 Å². The molecule has 21 heavy (non-hydrogen) atoms. The zero-order chi connectivity index (χ0) is 15.5. The summed E-state index contributed by atoms with van der Waals surface area (Å²) >= 11 is 3.80. The maximum absolute atomic E-state index is 4.75. The largest absolute Gasteiger partial charge is 0.313 e. The number of nitrogens with one attached hydrogen (secondary N) is 1. The highest BCUT2D eigenvalue weighted by atomic mass is 79.9. The molecule has 0 aliphatic heterocycles. The monoisotopic (exact) mass is 355 g/mol. The molecule has 0 radical (unpaired) electrons. The molecule has 2 rings (SSSR count). The Hall–Kier alpha value is -0.350. The van der Waals surface area contributed by atoms with Crippen LogP contribution in [-0.4, -0.2) is 22.4 Å². The summed E-state index contributed by atoms with van der Waals surface area (Å²) in [5.74, 6) is 0. The Morgan fingerprint density at radius 3 is 2.57 bits per heavy atom. The number of aromatic nitrogens is 2. The van der Waals surface area contributed by atoms with Gasteiger partial charge in [0.05, 0.1) is 15.9 Å². The van der Waals surface area contributed by atoms with Crippen LogP contribution in [-0.2, 0) is 19.4 Å². The van der Waals surface area contributed by atoms with E-state index < -0.39 is 0 Å². The number of nitrogens with zero attached hydrogens (tertiary/aromatic N) is 2. The van der Waals surface area contributed by atoms with Gasteiger partial charge in [-0.2, -0.15) is 5.10 Å². The summed E-state index contributed by atoms with van der Waals surface area (Å²) in [6, 6.07) is 0.784. The van der Waals surface area contributed by atoms with Gasteiger partial charge < -0.3 is 5.32 Å². The zero-order valence-corrected chi connectivity index (χ0v) is 15.6. The molecule has 1 N–H and O–H groups in total. The van der Waals surface area contributed by atoms with Gasteiger partial charge in [-0.25, -0.2) is 0 Å². The summed E-state index contributed by atoms with van der Waals surface area (Å²) in [4.78, 5) is 0. The quantitative estimate of drug-likeness (QED) is 0.714. The molecule has 1 fully saturated rings. The predicted molar refractivity (Wildman–Crippen MR) is 92.7 cm³/mol. The van der Waals surface area contributed by atoms with E-state index in [0.717, 1.165) is 32.0 Å². The normalized spacial score (nSPS) is 18.0. The second-order valence-corrected chi connectivity index (χ2v) is 7.56. The molecule has 0 amide bonds. The van der Waals surface area contributed by atoms with Crippen molar-refractivity contribution in [2.75, 3.05) is 6.54 Å². The van der Waals surface area contributed by atoms with Crippen LogP contribution in [0.2, 0.25) is 0 Å². The molecule has 1 saturated carbocycles. The maximum atomic E-state index is 4.75. The van der Waals surface area contributed by atoms with Crippen molar-refractivity contribution >= 4 is 15.9 Å². The number of halogens is 1. The van der Waals surface area contributed by atoms with E-state index in [4.69, 9.17) is 5.10 Å². The van der Waals surface area contributed by atoms with Crippen molar-refractivity contribution in [3.8, 4) is 0 Å². The minimum atomic E-state index is 0.317. The molecule has 3 nitrogen and oxygen atoms in total. The summed E-state index contributed by atoms with van der Waals surface area (Å²) in [6.45, 7) is 11.1. The molecular weight excluding hydrogens is 326 g/mol. The second kappa shape index (κ2) is 7.28. The lowest BCUT2D eigenvalue weighted by atomic mass is 9.81. The smallest absolute Gasteiger partial charge is 0.0766 e. The Bertz CT molecular complexity index is 465. The van der Waals surface area contributed by atoms with Gasteiger partial charge in [-0.15, -0.1) is 0 Å². The Balaban J connectivity index is 2.16. The van der Waals surface area contributed by atoms with E-state index in [1.165, 1.54) is 41.5 Å². The van der Waals surface area contributed by atoms with Crippen LogP contribution in [0.4, 0.5) is 0 Å². The van der Waals surface area contributed by atoms with Crippen molar-refractivity contribution in [3.63, 3.8) is 0 Å². The Labute approximate surface area is 138 Å². The van der Waals surface area contributed by atoms with Gasteiger partial charge in [0, 0.05) is 19.1 Å². The first kappa shape index (κ1) is 17.0. The zero-order valence-electron chi connectivity index (χ0n) is 14.0. The Morgan fingerprint density at radius 1 is 1.33 bits per heavy atom. The molecule has 1 aromatic rings. The van der Waals surface area contributed by atoms with Crippen molar-refractivity contribution < 1.29 is 0 Å². The molecule has 1 aliphatic carbocycles. The molecule has 1 atom stereocenters. The third kappa shape index (κ3) is 4.32. The molecule has 1 heterocycles. The molecule has 1 unspecified atom stereocenters. The minimum Gasteiger partial charge on any atom is -0.313 e. The van der Waals surface area contributed by atoms with Crippen LogP contribution in [0.5, 0.6) is 0 Å². The van der Waals surface area contributed by atoms with Crippen LogP contribution in [0.25, 0.3) is 0 Å². The fourth-order valence-corrected chi connectivity index (χ4v) is 3.82. The first-order chi connectivity index (χ1) is 10.0. The highest BCUT2D eigenvalue weighted by Gasteiger charge is 2.30. The number of rotatable bonds is 9. The highest BCUT2D eigenvalue weighted by molar-refractivity contribution is 9.10. The Kier molecular flexibility index (Phi) is 5.89. The number of aryl methyl sites for hydroxylation is 2. The van der Waals surface area contributed by atoms with E-state index in [2.05, 4.69) is 53.6 Å². The molecule has 120 valence electrons. The molecule has 1 aromatic heterocycles. The molecule has 0 bridgehead atoms. The van der Waals surface area contributed by atoms with E-state index in [-0.39, 0.29) is 0 Å². The average Bonchev–Trinajstić information content (AvgIpc) is 3.24. The summed E-state index contributed by atoms with van der Waals surface area (Å²) < 4.78 is 3.43. The van der Waals surface area contributed by atoms with Crippen molar-refractivity contribution in [2.45, 2.75) is 78.8 Å². The van der Waals surface area contributed by atoms with Gasteiger partial charge in [0.15, 0.2) is 0 Å². The van der Waals surface area contributed by atoms with Crippen molar-refractivity contribution in [2.24, 2.45) is 5.41 Å². The molecule has 1 aliphatic rings. The second-order valence-electron chi connectivity index (χ2n) is 6.77. The SMILES string of the molecule is CCCC(C)(CNC1CC1)Cc1c(Br)c(CC)nn1CC. The molecule has 0 aromatic carbocycles. The van der Waals surface area contributed by atoms with Crippen LogP contribution in [0, 0.1) is 5.41 Å². The van der Waals surface area contributed by atoms with Crippen LogP contribution in [0.1, 0.15) is 64.8 Å². The van der Waals surface area contributed by atoms with Gasteiger partial charge in [0.2, 0.25) is 0 Å². The van der Waals surface area contributed by atoms with Gasteiger partial charge in [-0.05, 0) is 60.4 Å². The highest BCUT2D eigenvalue weighted by Crippen LogP contribution is 2.33. The average molecular weight is 356 g/mol. The summed E-state index contributed by atoms with van der Waals surface area (Å²) in [5.41, 5.74) is 2.89. The third-order valence-corrected chi connectivity index (χ3v) is 5.45. The topological polar surface area (TPSA) is 29.9 Å². The predicted octanol–water partition coefficient (Wildman–Crippen LogP) is 4.33. The number of hydrogen-bond donors (Lipinski definition) is 1. The molecule has 0 spiro atoms. The van der Waals surface area contributed by atoms with E-state index in [1.54, 1.807) is 0 Å². The van der Waals surface area contributed by atoms with Gasteiger partial charge in [-0.3, -0.25) is 4.68 Å². The maximum Gasteiger partial charge on any atom is 0.0766 e. The van der Waals surface area contributed by atoms with E-state index in [9.17, 15) is 0 Å². The van der Waals surface area contributed by atoms with Gasteiger partial charge in [-0.1, -0.05) is 27.2 Å². The van der Waals surface area contributed by atoms with Gasteiger partial charge >= 0.3 is 0 Å². The molecular formula is C17H30BrN3. The Morgan fingerprint density at radius 2 is 2.05 bits per heavy atom. The molecule has 4 heteroatoms. The van der Waals surface area contributed by atoms with Crippen molar-refractivity contribution in [1.82, 2.24) is 15.1 Å². The summed E-state index contributed by atoms with van der Waals surface area (Å²) in [5, 5.41) is 8.48. The summed E-state index contributed by atoms with van der Waals surface area (Å²) in [6.07, 6.45) is 7.31. The fraction of sp³-hybridized carbons (Fsp3) is 0.824. The van der Waals surface area contributed by atoms with Crippen molar-refractivity contribution in [3.05, 3.63) is 15.9 Å². The van der Waals surface area contributed by atoms with E-state index >= 15 is 0 Å². The summed E-state index contributed by atoms with van der Waals surface area (Å²) in [7, 11) is 0. The lowest BCUT2D eigenvalue weighted by Crippen LogP contribution is -2.35. The lowest BCUT2D eigenvalue weighted by molar-refractivity contribution is 0.267. The van der Waals surface area contributed by atoms with Gasteiger partial charge in [0.25, 0.3) is 0 Å². The minimum absolute atomic E-state index is 0.317. The van der Waals surface area contributed by atoms with E-state index in [0.29, 0.717) is 5.41 Å². The standard InChI is InChI=1S/C17H30BrN3/c1-5-10-17(4,12-19-13-8-9-13)11-15-16(18)14(6-2)20-21(15)7-3/h13,19H,5-12H2,1-4H3. The fourth-order valence-electron chi connectivity index (χ4n) is 3.11. The molecule has 0 saturated heterocycles. The first-order valence-electron chi connectivity index (χ1n) is 8.50. The van der Waals surface area contributed by atoms with Gasteiger partial charge in [0.1, 0.15) is 0 Å². The number of hydrogen-bond acceptors (Lipinski definition) is 2. The first-order valence-corrected chi connectivity index (χ1v) is 9.29.